The minimum Gasteiger partial charge on any atom is -0.428 e. The molecule has 0 aromatic heterocycles. The van der Waals surface area contributed by atoms with Crippen LogP contribution in [-0.2, 0) is 19.6 Å². The zero-order valence-electron chi connectivity index (χ0n) is 8.78. The van der Waals surface area contributed by atoms with E-state index in [9.17, 15) is 13.2 Å². The molecule has 7 heteroatoms. The summed E-state index contributed by atoms with van der Waals surface area (Å²) < 4.78 is 29.9. The lowest BCUT2D eigenvalue weighted by Crippen LogP contribution is -2.42. The van der Waals surface area contributed by atoms with Crippen LogP contribution in [0.4, 0.5) is 0 Å². The number of rotatable bonds is 1. The Hall–Kier alpha value is -0.950. The predicted molar refractivity (Wildman–Crippen MR) is 60.8 cm³/mol. The molecule has 2 aliphatic heterocycles. The first-order valence-electron chi connectivity index (χ1n) is 4.62. The average molecular weight is 261 g/mol. The van der Waals surface area contributed by atoms with Gasteiger partial charge in [-0.05, 0) is 5.41 Å². The van der Waals surface area contributed by atoms with E-state index in [-0.39, 0.29) is 5.25 Å². The van der Waals surface area contributed by atoms with Crippen molar-refractivity contribution in [2.24, 2.45) is 0 Å². The standard InChI is InChI=1S/C9H11NO4S2/c1-6(11)14-7-5-10(2)16(12,13)8-3-4-15-9(7)8/h3-5,8-9H,1-2H3/t8-,9+/m0/s1. The molecule has 0 N–H and O–H groups in total. The first kappa shape index (κ1) is 11.5. The minimum absolute atomic E-state index is 0.343. The van der Waals surface area contributed by atoms with Gasteiger partial charge in [-0.1, -0.05) is 6.08 Å². The Kier molecular flexibility index (Phi) is 2.75. The fourth-order valence-electron chi connectivity index (χ4n) is 1.64. The van der Waals surface area contributed by atoms with Gasteiger partial charge >= 0.3 is 5.97 Å². The van der Waals surface area contributed by atoms with Crippen molar-refractivity contribution in [3.63, 3.8) is 0 Å². The number of carbonyl (C=O) groups is 1. The Morgan fingerprint density at radius 2 is 2.25 bits per heavy atom. The van der Waals surface area contributed by atoms with Gasteiger partial charge in [0.15, 0.2) is 0 Å². The Labute approximate surface area is 98.2 Å². The Morgan fingerprint density at radius 3 is 2.88 bits per heavy atom. The highest BCUT2D eigenvalue weighted by Crippen LogP contribution is 2.39. The lowest BCUT2D eigenvalue weighted by molar-refractivity contribution is -0.137. The molecule has 0 unspecified atom stereocenters. The first-order chi connectivity index (χ1) is 7.43. The number of esters is 1. The van der Waals surface area contributed by atoms with Gasteiger partial charge in [0.05, 0.1) is 11.4 Å². The molecule has 0 radical (unpaired) electrons. The summed E-state index contributed by atoms with van der Waals surface area (Å²) in [6.07, 6.45) is 2.98. The smallest absolute Gasteiger partial charge is 0.307 e. The molecule has 0 aromatic carbocycles. The summed E-state index contributed by atoms with van der Waals surface area (Å²) in [4.78, 5) is 10.9. The number of nitrogens with zero attached hydrogens (tertiary/aromatic N) is 1. The molecule has 0 bridgehead atoms. The zero-order chi connectivity index (χ0) is 11.9. The summed E-state index contributed by atoms with van der Waals surface area (Å²) in [6, 6.07) is 0. The highest BCUT2D eigenvalue weighted by molar-refractivity contribution is 8.04. The SMILES string of the molecule is CC(=O)OC1=CN(C)S(=O)(=O)[C@H]2C=CS[C@H]12. The normalized spacial score (nSPS) is 30.9. The molecule has 88 valence electrons. The van der Waals surface area contributed by atoms with E-state index in [4.69, 9.17) is 4.74 Å². The van der Waals surface area contributed by atoms with Crippen molar-refractivity contribution in [3.8, 4) is 0 Å². The molecule has 0 amide bonds. The van der Waals surface area contributed by atoms with E-state index in [1.807, 2.05) is 0 Å². The Balaban J connectivity index is 2.39. The third-order valence-electron chi connectivity index (χ3n) is 2.39. The molecule has 0 spiro atoms. The highest BCUT2D eigenvalue weighted by Gasteiger charge is 2.44. The van der Waals surface area contributed by atoms with E-state index in [2.05, 4.69) is 0 Å². The lowest BCUT2D eigenvalue weighted by Gasteiger charge is -2.30. The topological polar surface area (TPSA) is 63.7 Å². The van der Waals surface area contributed by atoms with Gasteiger partial charge in [0.1, 0.15) is 11.0 Å². The highest BCUT2D eigenvalue weighted by atomic mass is 32.2. The second-order valence-electron chi connectivity index (χ2n) is 3.54. The number of carbonyl (C=O) groups excluding carboxylic acids is 1. The van der Waals surface area contributed by atoms with Crippen LogP contribution in [0.15, 0.2) is 23.4 Å². The maximum Gasteiger partial charge on any atom is 0.307 e. The molecule has 2 aliphatic rings. The van der Waals surface area contributed by atoms with E-state index < -0.39 is 21.2 Å². The van der Waals surface area contributed by atoms with E-state index in [1.54, 1.807) is 11.5 Å². The van der Waals surface area contributed by atoms with E-state index >= 15 is 0 Å². The number of thioether (sulfide) groups is 1. The third-order valence-corrected chi connectivity index (χ3v) is 5.72. The minimum atomic E-state index is -3.35. The van der Waals surface area contributed by atoms with E-state index in [0.717, 1.165) is 4.31 Å². The van der Waals surface area contributed by atoms with Crippen LogP contribution >= 0.6 is 11.8 Å². The number of sulfonamides is 1. The quantitative estimate of drug-likeness (QED) is 0.649. The number of hydrogen-bond acceptors (Lipinski definition) is 5. The maximum atomic E-state index is 11.9. The monoisotopic (exact) mass is 261 g/mol. The van der Waals surface area contributed by atoms with Gasteiger partial charge in [-0.25, -0.2) is 8.42 Å². The molecule has 0 fully saturated rings. The third kappa shape index (κ3) is 1.73. The zero-order valence-corrected chi connectivity index (χ0v) is 10.4. The van der Waals surface area contributed by atoms with Crippen LogP contribution in [0.3, 0.4) is 0 Å². The summed E-state index contributed by atoms with van der Waals surface area (Å²) >= 11 is 1.35. The van der Waals surface area contributed by atoms with Gasteiger partial charge < -0.3 is 4.74 Å². The number of ether oxygens (including phenoxy) is 1. The molecule has 2 rings (SSSR count). The fourth-order valence-corrected chi connectivity index (χ4v) is 4.63. The number of hydrogen-bond donors (Lipinski definition) is 0. The molecule has 0 aliphatic carbocycles. The summed E-state index contributed by atoms with van der Waals surface area (Å²) in [6.45, 7) is 1.30. The predicted octanol–water partition coefficient (Wildman–Crippen LogP) is 0.664. The summed E-state index contributed by atoms with van der Waals surface area (Å²) in [7, 11) is -1.91. The van der Waals surface area contributed by atoms with E-state index in [0.29, 0.717) is 5.76 Å². The molecule has 5 nitrogen and oxygen atoms in total. The molecular formula is C9H11NO4S2. The van der Waals surface area contributed by atoms with E-state index in [1.165, 1.54) is 31.9 Å². The molecule has 16 heavy (non-hydrogen) atoms. The van der Waals surface area contributed by atoms with Crippen molar-refractivity contribution in [1.82, 2.24) is 4.31 Å². The van der Waals surface area contributed by atoms with Crippen molar-refractivity contribution in [3.05, 3.63) is 23.4 Å². The molecule has 0 saturated carbocycles. The van der Waals surface area contributed by atoms with Crippen LogP contribution in [0.1, 0.15) is 6.92 Å². The molecule has 2 atom stereocenters. The van der Waals surface area contributed by atoms with Crippen molar-refractivity contribution in [2.75, 3.05) is 7.05 Å². The maximum absolute atomic E-state index is 11.9. The lowest BCUT2D eigenvalue weighted by atomic mass is 10.2. The van der Waals surface area contributed by atoms with Gasteiger partial charge in [-0.3, -0.25) is 9.10 Å². The Morgan fingerprint density at radius 1 is 1.56 bits per heavy atom. The van der Waals surface area contributed by atoms with Gasteiger partial charge in [-0.2, -0.15) is 0 Å². The van der Waals surface area contributed by atoms with Crippen LogP contribution in [0, 0.1) is 0 Å². The largest absolute Gasteiger partial charge is 0.428 e. The van der Waals surface area contributed by atoms with Crippen molar-refractivity contribution in [2.45, 2.75) is 17.4 Å². The van der Waals surface area contributed by atoms with Crippen molar-refractivity contribution >= 4 is 27.8 Å². The molecular weight excluding hydrogens is 250 g/mol. The summed E-state index contributed by atoms with van der Waals surface area (Å²) in [5.41, 5.74) is 0. The van der Waals surface area contributed by atoms with Crippen molar-refractivity contribution < 1.29 is 17.9 Å². The molecule has 0 aromatic rings. The molecule has 0 saturated heterocycles. The van der Waals surface area contributed by atoms with Crippen LogP contribution in [-0.4, -0.2) is 36.2 Å². The molecule has 2 heterocycles. The van der Waals surface area contributed by atoms with Crippen LogP contribution in [0.5, 0.6) is 0 Å². The van der Waals surface area contributed by atoms with Gasteiger partial charge in [0, 0.05) is 14.0 Å². The average Bonchev–Trinajstić information content (AvgIpc) is 2.62. The van der Waals surface area contributed by atoms with Crippen molar-refractivity contribution in [1.29, 1.82) is 0 Å². The van der Waals surface area contributed by atoms with Gasteiger partial charge in [0.25, 0.3) is 0 Å². The summed E-state index contributed by atoms with van der Waals surface area (Å²) in [5, 5.41) is 0.746. The van der Waals surface area contributed by atoms with Crippen LogP contribution < -0.4 is 0 Å². The van der Waals surface area contributed by atoms with Crippen LogP contribution in [0.2, 0.25) is 0 Å². The first-order valence-corrected chi connectivity index (χ1v) is 7.06. The van der Waals surface area contributed by atoms with Crippen LogP contribution in [0.25, 0.3) is 0 Å². The Bertz CT molecular complexity index is 480. The fraction of sp³-hybridized carbons (Fsp3) is 0.444. The second kappa shape index (κ2) is 3.81. The van der Waals surface area contributed by atoms with Gasteiger partial charge in [0.2, 0.25) is 10.0 Å². The summed E-state index contributed by atoms with van der Waals surface area (Å²) in [5.74, 6) is -0.0463. The number of fused-ring (bicyclic) bond motifs is 1. The second-order valence-corrected chi connectivity index (χ2v) is 6.74. The van der Waals surface area contributed by atoms with Gasteiger partial charge in [-0.15, -0.1) is 11.8 Å².